The number of allylic oxidation sites excluding steroid dienone is 1. The SMILES string of the molecule is C=CCCC(=O)Nc1ccc(OCCCC(=O)O)cc1. The number of amides is 1. The Bertz CT molecular complexity index is 453. The third-order valence-electron chi connectivity index (χ3n) is 2.52. The summed E-state index contributed by atoms with van der Waals surface area (Å²) < 4.78 is 5.39. The summed E-state index contributed by atoms with van der Waals surface area (Å²) in [6, 6.07) is 6.98. The molecule has 0 aromatic heterocycles. The summed E-state index contributed by atoms with van der Waals surface area (Å²) in [7, 11) is 0. The lowest BCUT2D eigenvalue weighted by atomic mass is 10.2. The van der Waals surface area contributed by atoms with Crippen LogP contribution in [0.15, 0.2) is 36.9 Å². The number of benzene rings is 1. The number of carboxylic acid groups (broad SMARTS) is 1. The second kappa shape index (κ2) is 8.74. The highest BCUT2D eigenvalue weighted by molar-refractivity contribution is 5.90. The number of carboxylic acids is 1. The molecule has 1 aromatic carbocycles. The summed E-state index contributed by atoms with van der Waals surface area (Å²) in [6.07, 6.45) is 3.33. The molecule has 0 aliphatic rings. The quantitative estimate of drug-likeness (QED) is 0.537. The van der Waals surface area contributed by atoms with Crippen molar-refractivity contribution < 1.29 is 19.4 Å². The molecule has 2 N–H and O–H groups in total. The Morgan fingerprint density at radius 3 is 2.55 bits per heavy atom. The number of anilines is 1. The highest BCUT2D eigenvalue weighted by atomic mass is 16.5. The molecule has 1 aromatic rings. The lowest BCUT2D eigenvalue weighted by Crippen LogP contribution is -2.10. The Balaban J connectivity index is 2.34. The predicted octanol–water partition coefficient (Wildman–Crippen LogP) is 2.83. The second-order valence-corrected chi connectivity index (χ2v) is 4.25. The van der Waals surface area contributed by atoms with Gasteiger partial charge in [-0.25, -0.2) is 0 Å². The Kier molecular flexibility index (Phi) is 6.89. The molecule has 0 spiro atoms. The van der Waals surface area contributed by atoms with Crippen LogP contribution < -0.4 is 10.1 Å². The minimum Gasteiger partial charge on any atom is -0.494 e. The Hall–Kier alpha value is -2.30. The average molecular weight is 277 g/mol. The van der Waals surface area contributed by atoms with Crippen LogP contribution in [0.3, 0.4) is 0 Å². The Morgan fingerprint density at radius 1 is 1.25 bits per heavy atom. The van der Waals surface area contributed by atoms with Crippen LogP contribution in [0.25, 0.3) is 0 Å². The minimum absolute atomic E-state index is 0.0555. The van der Waals surface area contributed by atoms with E-state index >= 15 is 0 Å². The number of carbonyl (C=O) groups excluding carboxylic acids is 1. The Morgan fingerprint density at radius 2 is 1.95 bits per heavy atom. The molecule has 108 valence electrons. The molecule has 0 aliphatic carbocycles. The smallest absolute Gasteiger partial charge is 0.303 e. The molecule has 20 heavy (non-hydrogen) atoms. The fourth-order valence-corrected chi connectivity index (χ4v) is 1.50. The van der Waals surface area contributed by atoms with Gasteiger partial charge in [-0.2, -0.15) is 0 Å². The third-order valence-corrected chi connectivity index (χ3v) is 2.52. The molecule has 0 fully saturated rings. The zero-order valence-electron chi connectivity index (χ0n) is 11.3. The van der Waals surface area contributed by atoms with Gasteiger partial charge in [0.25, 0.3) is 0 Å². The van der Waals surface area contributed by atoms with Gasteiger partial charge >= 0.3 is 5.97 Å². The maximum absolute atomic E-state index is 11.5. The third kappa shape index (κ3) is 6.58. The number of hydrogen-bond donors (Lipinski definition) is 2. The first-order valence-corrected chi connectivity index (χ1v) is 6.47. The van der Waals surface area contributed by atoms with Gasteiger partial charge in [0, 0.05) is 18.5 Å². The van der Waals surface area contributed by atoms with Crippen molar-refractivity contribution in [1.29, 1.82) is 0 Å². The van der Waals surface area contributed by atoms with E-state index in [1.807, 2.05) is 0 Å². The van der Waals surface area contributed by atoms with Gasteiger partial charge in [0.2, 0.25) is 5.91 Å². The number of carbonyl (C=O) groups is 2. The number of nitrogens with one attached hydrogen (secondary N) is 1. The van der Waals surface area contributed by atoms with Crippen molar-refractivity contribution in [1.82, 2.24) is 0 Å². The van der Waals surface area contributed by atoms with E-state index in [-0.39, 0.29) is 12.3 Å². The topological polar surface area (TPSA) is 75.6 Å². The van der Waals surface area contributed by atoms with Crippen molar-refractivity contribution in [2.24, 2.45) is 0 Å². The molecule has 0 aliphatic heterocycles. The van der Waals surface area contributed by atoms with Crippen LogP contribution in [0.5, 0.6) is 5.75 Å². The van der Waals surface area contributed by atoms with Crippen molar-refractivity contribution in [2.75, 3.05) is 11.9 Å². The second-order valence-electron chi connectivity index (χ2n) is 4.25. The predicted molar refractivity (Wildman–Crippen MR) is 76.9 cm³/mol. The van der Waals surface area contributed by atoms with Gasteiger partial charge in [0.1, 0.15) is 5.75 Å². The molecular weight excluding hydrogens is 258 g/mol. The van der Waals surface area contributed by atoms with Crippen LogP contribution in [0.1, 0.15) is 25.7 Å². The highest BCUT2D eigenvalue weighted by Gasteiger charge is 2.02. The maximum atomic E-state index is 11.5. The van der Waals surface area contributed by atoms with Crippen LogP contribution in [0, 0.1) is 0 Å². The van der Waals surface area contributed by atoms with Gasteiger partial charge in [-0.1, -0.05) is 6.08 Å². The molecule has 0 saturated carbocycles. The van der Waals surface area contributed by atoms with Crippen molar-refractivity contribution in [3.05, 3.63) is 36.9 Å². The van der Waals surface area contributed by atoms with Gasteiger partial charge in [0.15, 0.2) is 0 Å². The van der Waals surface area contributed by atoms with Crippen molar-refractivity contribution in [3.63, 3.8) is 0 Å². The summed E-state index contributed by atoms with van der Waals surface area (Å²) >= 11 is 0. The minimum atomic E-state index is -0.828. The first-order valence-electron chi connectivity index (χ1n) is 6.47. The van der Waals surface area contributed by atoms with Crippen molar-refractivity contribution >= 4 is 17.6 Å². The van der Waals surface area contributed by atoms with Crippen LogP contribution in [-0.4, -0.2) is 23.6 Å². The molecule has 0 bridgehead atoms. The molecule has 5 heteroatoms. The van der Waals surface area contributed by atoms with E-state index in [1.54, 1.807) is 30.3 Å². The molecule has 1 rings (SSSR count). The molecule has 0 unspecified atom stereocenters. The molecule has 0 saturated heterocycles. The number of aliphatic carboxylic acids is 1. The van der Waals surface area contributed by atoms with Crippen LogP contribution in [0.4, 0.5) is 5.69 Å². The van der Waals surface area contributed by atoms with E-state index in [0.717, 1.165) is 0 Å². The van der Waals surface area contributed by atoms with E-state index in [4.69, 9.17) is 9.84 Å². The molecule has 0 radical (unpaired) electrons. The molecule has 0 heterocycles. The summed E-state index contributed by atoms with van der Waals surface area (Å²) in [5.41, 5.74) is 0.706. The van der Waals surface area contributed by atoms with E-state index in [2.05, 4.69) is 11.9 Å². The molecular formula is C15H19NO4. The van der Waals surface area contributed by atoms with Crippen LogP contribution in [0.2, 0.25) is 0 Å². The van der Waals surface area contributed by atoms with E-state index in [9.17, 15) is 9.59 Å². The fourth-order valence-electron chi connectivity index (χ4n) is 1.50. The summed E-state index contributed by atoms with van der Waals surface area (Å²) in [5, 5.41) is 11.3. The first kappa shape index (κ1) is 15.8. The molecule has 1 amide bonds. The largest absolute Gasteiger partial charge is 0.494 e. The van der Waals surface area contributed by atoms with Crippen molar-refractivity contribution in [3.8, 4) is 5.75 Å². The standard InChI is InChI=1S/C15H19NO4/c1-2-3-5-14(17)16-12-7-9-13(10-8-12)20-11-4-6-15(18)19/h2,7-10H,1,3-6,11H2,(H,16,17)(H,18,19). The summed E-state index contributed by atoms with van der Waals surface area (Å²) in [6.45, 7) is 3.92. The van der Waals surface area contributed by atoms with Gasteiger partial charge in [-0.05, 0) is 37.1 Å². The number of rotatable bonds is 9. The zero-order valence-corrected chi connectivity index (χ0v) is 11.3. The lowest BCUT2D eigenvalue weighted by Gasteiger charge is -2.07. The lowest BCUT2D eigenvalue weighted by molar-refractivity contribution is -0.137. The maximum Gasteiger partial charge on any atom is 0.303 e. The zero-order chi connectivity index (χ0) is 14.8. The van der Waals surface area contributed by atoms with E-state index in [0.29, 0.717) is 37.3 Å². The van der Waals surface area contributed by atoms with E-state index < -0.39 is 5.97 Å². The first-order chi connectivity index (χ1) is 9.61. The van der Waals surface area contributed by atoms with E-state index in [1.165, 1.54) is 0 Å². The summed E-state index contributed by atoms with van der Waals surface area (Å²) in [5.74, 6) is -0.231. The van der Waals surface area contributed by atoms with Gasteiger partial charge in [-0.15, -0.1) is 6.58 Å². The van der Waals surface area contributed by atoms with Crippen molar-refractivity contribution in [2.45, 2.75) is 25.7 Å². The van der Waals surface area contributed by atoms with Crippen LogP contribution in [-0.2, 0) is 9.59 Å². The monoisotopic (exact) mass is 277 g/mol. The summed E-state index contributed by atoms with van der Waals surface area (Å²) in [4.78, 5) is 21.8. The van der Waals surface area contributed by atoms with Gasteiger partial charge in [0.05, 0.1) is 6.61 Å². The van der Waals surface area contributed by atoms with Gasteiger partial charge < -0.3 is 15.2 Å². The average Bonchev–Trinajstić information content (AvgIpc) is 2.43. The van der Waals surface area contributed by atoms with Gasteiger partial charge in [-0.3, -0.25) is 9.59 Å². The van der Waals surface area contributed by atoms with Crippen LogP contribution >= 0.6 is 0 Å². The normalized spacial score (nSPS) is 9.80. The molecule has 5 nitrogen and oxygen atoms in total. The Labute approximate surface area is 118 Å². The molecule has 0 atom stereocenters. The number of ether oxygens (including phenoxy) is 1. The number of hydrogen-bond acceptors (Lipinski definition) is 3. The fraction of sp³-hybridized carbons (Fsp3) is 0.333. The highest BCUT2D eigenvalue weighted by Crippen LogP contribution is 2.16.